The Kier molecular flexibility index (Phi) is 4.06. The van der Waals surface area contributed by atoms with Gasteiger partial charge in [0.05, 0.1) is 0 Å². The molecule has 2 nitrogen and oxygen atoms in total. The van der Waals surface area contributed by atoms with Crippen LogP contribution >= 0.6 is 11.3 Å². The van der Waals surface area contributed by atoms with Crippen LogP contribution in [0.25, 0.3) is 54.1 Å². The monoisotopic (exact) mass is 435 g/mol. The van der Waals surface area contributed by atoms with E-state index in [1.54, 1.807) is 0 Å². The van der Waals surface area contributed by atoms with Crippen LogP contribution in [-0.2, 0) is 5.41 Å². The minimum Gasteiger partial charge on any atom is -0.454 e. The molecule has 6 aromatic rings. The number of nitrogens with zero attached hydrogens (tertiary/aromatic N) is 1. The molecule has 0 aliphatic rings. The van der Waals surface area contributed by atoms with Crippen molar-refractivity contribution in [3.05, 3.63) is 76.8 Å². The lowest BCUT2D eigenvalue weighted by molar-refractivity contribution is 0.596. The van der Waals surface area contributed by atoms with Gasteiger partial charge >= 0.3 is 0 Å². The summed E-state index contributed by atoms with van der Waals surface area (Å²) >= 11 is 1.83. The second-order valence-electron chi connectivity index (χ2n) is 9.76. The van der Waals surface area contributed by atoms with Crippen molar-refractivity contribution in [2.75, 3.05) is 0 Å². The third-order valence-corrected chi connectivity index (χ3v) is 7.80. The SMILES string of the molecule is Cc1sc2cc3oc4c(-c5cc(C(C)(C)C)c6ccccc6c5)nccc4c3cc2c1C. The van der Waals surface area contributed by atoms with Gasteiger partial charge in [-0.05, 0) is 76.9 Å². The molecule has 0 atom stereocenters. The van der Waals surface area contributed by atoms with E-state index in [1.807, 2.05) is 17.5 Å². The van der Waals surface area contributed by atoms with E-state index in [2.05, 4.69) is 89.2 Å². The summed E-state index contributed by atoms with van der Waals surface area (Å²) in [6, 6.07) is 19.7. The average molecular weight is 436 g/mol. The number of hydrogen-bond donors (Lipinski definition) is 0. The standard InChI is InChI=1S/C29H25NOS/c1-16-17(2)32-26-15-25-23(14-22(16)26)21-10-11-30-27(28(21)31-25)19-12-18-8-6-7-9-20(18)24(13-19)29(3,4)5/h6-15H,1-5H3. The maximum Gasteiger partial charge on any atom is 0.161 e. The topological polar surface area (TPSA) is 26.0 Å². The predicted octanol–water partition coefficient (Wildman–Crippen LogP) is 8.93. The molecule has 0 saturated heterocycles. The number of aryl methyl sites for hydroxylation is 2. The molecular formula is C29H25NOS. The molecule has 0 amide bonds. The molecule has 0 aliphatic carbocycles. The zero-order valence-corrected chi connectivity index (χ0v) is 19.9. The number of pyridine rings is 1. The zero-order chi connectivity index (χ0) is 22.2. The summed E-state index contributed by atoms with van der Waals surface area (Å²) in [4.78, 5) is 6.17. The molecule has 3 heteroatoms. The molecule has 3 aromatic carbocycles. The molecule has 0 radical (unpaired) electrons. The summed E-state index contributed by atoms with van der Waals surface area (Å²) in [5, 5.41) is 6.14. The van der Waals surface area contributed by atoms with Crippen LogP contribution in [0.3, 0.4) is 0 Å². The predicted molar refractivity (Wildman–Crippen MR) is 138 cm³/mol. The quantitative estimate of drug-likeness (QED) is 0.258. The second-order valence-corrected chi connectivity index (χ2v) is 11.0. The summed E-state index contributed by atoms with van der Waals surface area (Å²) in [6.07, 6.45) is 1.91. The first kappa shape index (κ1) is 19.5. The maximum atomic E-state index is 6.48. The number of hydrogen-bond acceptors (Lipinski definition) is 3. The van der Waals surface area contributed by atoms with Crippen LogP contribution in [0, 0.1) is 13.8 Å². The molecular weight excluding hydrogens is 410 g/mol. The number of thiophene rings is 1. The van der Waals surface area contributed by atoms with Crippen LogP contribution in [0.5, 0.6) is 0 Å². The molecule has 0 fully saturated rings. The Morgan fingerprint density at radius 2 is 1.66 bits per heavy atom. The minimum absolute atomic E-state index is 0.0249. The van der Waals surface area contributed by atoms with Gasteiger partial charge in [-0.25, -0.2) is 0 Å². The Bertz CT molecular complexity index is 1680. The molecule has 0 saturated carbocycles. The molecule has 0 unspecified atom stereocenters. The second kappa shape index (κ2) is 6.66. The first-order valence-corrected chi connectivity index (χ1v) is 11.9. The first-order valence-electron chi connectivity index (χ1n) is 11.1. The zero-order valence-electron chi connectivity index (χ0n) is 19.0. The van der Waals surface area contributed by atoms with Gasteiger partial charge in [-0.2, -0.15) is 0 Å². The fourth-order valence-corrected chi connectivity index (χ4v) is 5.89. The molecule has 0 bridgehead atoms. The molecule has 6 rings (SSSR count). The van der Waals surface area contributed by atoms with Gasteiger partial charge in [0.1, 0.15) is 11.3 Å². The van der Waals surface area contributed by atoms with Gasteiger partial charge in [-0.15, -0.1) is 11.3 Å². The van der Waals surface area contributed by atoms with E-state index in [1.165, 1.54) is 36.9 Å². The van der Waals surface area contributed by atoms with Crippen LogP contribution in [-0.4, -0.2) is 4.98 Å². The van der Waals surface area contributed by atoms with Crippen molar-refractivity contribution in [2.45, 2.75) is 40.0 Å². The average Bonchev–Trinajstić information content (AvgIpc) is 3.27. The maximum absolute atomic E-state index is 6.48. The van der Waals surface area contributed by atoms with Crippen molar-refractivity contribution in [3.63, 3.8) is 0 Å². The van der Waals surface area contributed by atoms with Crippen LogP contribution in [0.4, 0.5) is 0 Å². The highest BCUT2D eigenvalue weighted by molar-refractivity contribution is 7.19. The molecule has 0 N–H and O–H groups in total. The van der Waals surface area contributed by atoms with Gasteiger partial charge in [0.15, 0.2) is 5.58 Å². The number of aromatic nitrogens is 1. The highest BCUT2D eigenvalue weighted by Gasteiger charge is 2.21. The van der Waals surface area contributed by atoms with Crippen LogP contribution in [0.2, 0.25) is 0 Å². The number of furan rings is 1. The van der Waals surface area contributed by atoms with E-state index in [0.717, 1.165) is 33.2 Å². The van der Waals surface area contributed by atoms with Gasteiger partial charge in [-0.3, -0.25) is 4.98 Å². The van der Waals surface area contributed by atoms with E-state index in [-0.39, 0.29) is 5.41 Å². The highest BCUT2D eigenvalue weighted by Crippen LogP contribution is 2.41. The lowest BCUT2D eigenvalue weighted by atomic mass is 9.82. The Morgan fingerprint density at radius 1 is 0.844 bits per heavy atom. The van der Waals surface area contributed by atoms with Crippen molar-refractivity contribution in [1.82, 2.24) is 4.98 Å². The Hall–Kier alpha value is -3.17. The highest BCUT2D eigenvalue weighted by atomic mass is 32.1. The summed E-state index contributed by atoms with van der Waals surface area (Å²) in [5.41, 5.74) is 6.52. The van der Waals surface area contributed by atoms with Gasteiger partial charge < -0.3 is 4.42 Å². The van der Waals surface area contributed by atoms with E-state index in [4.69, 9.17) is 9.40 Å². The fraction of sp³-hybridized carbons (Fsp3) is 0.207. The van der Waals surface area contributed by atoms with Gasteiger partial charge in [-0.1, -0.05) is 45.0 Å². The van der Waals surface area contributed by atoms with Gasteiger partial charge in [0, 0.05) is 32.1 Å². The third-order valence-electron chi connectivity index (χ3n) is 6.63. The summed E-state index contributed by atoms with van der Waals surface area (Å²) in [7, 11) is 0. The van der Waals surface area contributed by atoms with Crippen LogP contribution in [0.1, 0.15) is 36.8 Å². The summed E-state index contributed by atoms with van der Waals surface area (Å²) < 4.78 is 7.76. The van der Waals surface area contributed by atoms with Crippen molar-refractivity contribution in [2.24, 2.45) is 0 Å². The Balaban J connectivity index is 1.67. The van der Waals surface area contributed by atoms with Crippen LogP contribution < -0.4 is 0 Å². The normalized spacial score (nSPS) is 12.5. The van der Waals surface area contributed by atoms with E-state index in [0.29, 0.717) is 0 Å². The first-order chi connectivity index (χ1) is 15.3. The molecule has 0 spiro atoms. The van der Waals surface area contributed by atoms with Crippen molar-refractivity contribution in [3.8, 4) is 11.3 Å². The summed E-state index contributed by atoms with van der Waals surface area (Å²) in [6.45, 7) is 11.2. The third kappa shape index (κ3) is 2.81. The molecule has 3 heterocycles. The van der Waals surface area contributed by atoms with Crippen molar-refractivity contribution < 1.29 is 4.42 Å². The van der Waals surface area contributed by atoms with Crippen molar-refractivity contribution >= 4 is 54.1 Å². The lowest BCUT2D eigenvalue weighted by Crippen LogP contribution is -2.12. The largest absolute Gasteiger partial charge is 0.454 e. The molecule has 32 heavy (non-hydrogen) atoms. The fourth-order valence-electron chi connectivity index (χ4n) is 4.81. The summed E-state index contributed by atoms with van der Waals surface area (Å²) in [5.74, 6) is 0. The number of benzene rings is 3. The minimum atomic E-state index is 0.0249. The van der Waals surface area contributed by atoms with Crippen LogP contribution in [0.15, 0.2) is 65.2 Å². The van der Waals surface area contributed by atoms with E-state index in [9.17, 15) is 0 Å². The smallest absolute Gasteiger partial charge is 0.161 e. The number of rotatable bonds is 1. The molecule has 3 aromatic heterocycles. The van der Waals surface area contributed by atoms with E-state index < -0.39 is 0 Å². The molecule has 0 aliphatic heterocycles. The van der Waals surface area contributed by atoms with Gasteiger partial charge in [0.2, 0.25) is 0 Å². The Morgan fingerprint density at radius 3 is 2.47 bits per heavy atom. The van der Waals surface area contributed by atoms with Crippen molar-refractivity contribution in [1.29, 1.82) is 0 Å². The molecule has 158 valence electrons. The number of fused-ring (bicyclic) bond motifs is 5. The van der Waals surface area contributed by atoms with E-state index >= 15 is 0 Å². The van der Waals surface area contributed by atoms with Gasteiger partial charge in [0.25, 0.3) is 0 Å². The lowest BCUT2D eigenvalue weighted by Gasteiger charge is -2.22. The Labute approximate surface area is 191 Å².